The predicted octanol–water partition coefficient (Wildman–Crippen LogP) is 2.99. The molecule has 0 aliphatic carbocycles. The molecule has 0 radical (unpaired) electrons. The molecule has 0 unspecified atom stereocenters. The van der Waals surface area contributed by atoms with Crippen LogP contribution in [0, 0.1) is 18.3 Å². The van der Waals surface area contributed by atoms with Crippen LogP contribution in [0.3, 0.4) is 0 Å². The van der Waals surface area contributed by atoms with E-state index in [2.05, 4.69) is 11.4 Å². The zero-order valence-corrected chi connectivity index (χ0v) is 21.0. The summed E-state index contributed by atoms with van der Waals surface area (Å²) >= 11 is 0. The summed E-state index contributed by atoms with van der Waals surface area (Å²) in [7, 11) is 0. The fraction of sp³-hybridized carbons (Fsp3) is 0.429. The van der Waals surface area contributed by atoms with Crippen molar-refractivity contribution in [2.45, 2.75) is 32.6 Å². The molecular weight excluding hydrogens is 454 g/mol. The fourth-order valence-corrected chi connectivity index (χ4v) is 4.93. The Hall–Kier alpha value is -3.70. The lowest BCUT2D eigenvalue weighted by Crippen LogP contribution is -2.49. The molecule has 8 heteroatoms. The van der Waals surface area contributed by atoms with Gasteiger partial charge in [-0.15, -0.1) is 0 Å². The highest BCUT2D eigenvalue weighted by molar-refractivity contribution is 5.98. The Morgan fingerprint density at radius 3 is 2.22 bits per heavy atom. The predicted molar refractivity (Wildman–Crippen MR) is 138 cm³/mol. The summed E-state index contributed by atoms with van der Waals surface area (Å²) in [5, 5.41) is 12.0. The van der Waals surface area contributed by atoms with E-state index in [0.717, 1.165) is 18.4 Å². The molecule has 2 aromatic rings. The minimum absolute atomic E-state index is 0.0240. The smallest absolute Gasteiger partial charge is 0.253 e. The second kappa shape index (κ2) is 11.4. The number of aryl methyl sites for hydroxylation is 1. The minimum Gasteiger partial charge on any atom is -0.340 e. The lowest BCUT2D eigenvalue weighted by atomic mass is 9.89. The first kappa shape index (κ1) is 25.4. The van der Waals surface area contributed by atoms with Crippen LogP contribution in [0.4, 0.5) is 5.69 Å². The van der Waals surface area contributed by atoms with Crippen molar-refractivity contribution in [1.82, 2.24) is 14.7 Å². The normalized spacial score (nSPS) is 16.9. The summed E-state index contributed by atoms with van der Waals surface area (Å²) in [6.07, 6.45) is 1.76. The first-order valence-corrected chi connectivity index (χ1v) is 12.5. The van der Waals surface area contributed by atoms with Crippen LogP contribution in [0.15, 0.2) is 42.5 Å². The molecule has 2 saturated heterocycles. The van der Waals surface area contributed by atoms with E-state index in [1.54, 1.807) is 17.9 Å². The van der Waals surface area contributed by atoms with E-state index in [4.69, 9.17) is 5.26 Å². The van der Waals surface area contributed by atoms with Crippen molar-refractivity contribution < 1.29 is 14.4 Å². The quantitative estimate of drug-likeness (QED) is 0.699. The number of rotatable bonds is 5. The highest BCUT2D eigenvalue weighted by atomic mass is 16.2. The number of likely N-dealkylation sites (tertiary alicyclic amines) is 1. The second-order valence-electron chi connectivity index (χ2n) is 9.66. The molecule has 2 aliphatic heterocycles. The maximum atomic E-state index is 13.2. The summed E-state index contributed by atoms with van der Waals surface area (Å²) in [6, 6.07) is 15.3. The summed E-state index contributed by atoms with van der Waals surface area (Å²) in [5.41, 5.74) is 4.00. The molecule has 4 rings (SSSR count). The SMILES string of the molecule is CC(=O)N1CCN(CC(=O)Nc2cc(C(=O)N3CCC(c4ccc(C#N)cc4)CC3)ccc2C)CC1. The molecule has 2 fully saturated rings. The maximum Gasteiger partial charge on any atom is 0.253 e. The summed E-state index contributed by atoms with van der Waals surface area (Å²) in [4.78, 5) is 43.1. The Morgan fingerprint density at radius 2 is 1.61 bits per heavy atom. The van der Waals surface area contributed by atoms with Crippen LogP contribution in [0.2, 0.25) is 0 Å². The molecule has 2 heterocycles. The molecule has 2 aromatic carbocycles. The number of carbonyl (C=O) groups is 3. The number of nitrogens with zero attached hydrogens (tertiary/aromatic N) is 4. The van der Waals surface area contributed by atoms with Gasteiger partial charge in [-0.1, -0.05) is 18.2 Å². The Bertz CT molecular complexity index is 1150. The van der Waals surface area contributed by atoms with Gasteiger partial charge in [0.15, 0.2) is 0 Å². The molecule has 3 amide bonds. The van der Waals surface area contributed by atoms with Gasteiger partial charge in [0, 0.05) is 57.4 Å². The van der Waals surface area contributed by atoms with E-state index < -0.39 is 0 Å². The van der Waals surface area contributed by atoms with E-state index in [9.17, 15) is 14.4 Å². The summed E-state index contributed by atoms with van der Waals surface area (Å²) in [6.45, 7) is 7.69. The van der Waals surface area contributed by atoms with Crippen LogP contribution in [0.1, 0.15) is 52.7 Å². The highest BCUT2D eigenvalue weighted by Crippen LogP contribution is 2.29. The fourth-order valence-electron chi connectivity index (χ4n) is 4.93. The van der Waals surface area contributed by atoms with Crippen molar-refractivity contribution in [1.29, 1.82) is 5.26 Å². The summed E-state index contributed by atoms with van der Waals surface area (Å²) < 4.78 is 0. The third-order valence-corrected chi connectivity index (χ3v) is 7.24. The van der Waals surface area contributed by atoms with Crippen LogP contribution in [-0.4, -0.2) is 78.2 Å². The zero-order chi connectivity index (χ0) is 25.7. The third kappa shape index (κ3) is 6.10. The molecule has 0 aromatic heterocycles. The molecule has 36 heavy (non-hydrogen) atoms. The zero-order valence-electron chi connectivity index (χ0n) is 21.0. The first-order valence-electron chi connectivity index (χ1n) is 12.5. The number of piperazine rings is 1. The van der Waals surface area contributed by atoms with Crippen LogP contribution < -0.4 is 5.32 Å². The average molecular weight is 488 g/mol. The van der Waals surface area contributed by atoms with Gasteiger partial charge in [-0.2, -0.15) is 5.26 Å². The molecule has 2 aliphatic rings. The van der Waals surface area contributed by atoms with Gasteiger partial charge in [0.1, 0.15) is 0 Å². The number of anilines is 1. The van der Waals surface area contributed by atoms with Gasteiger partial charge in [0.2, 0.25) is 11.8 Å². The van der Waals surface area contributed by atoms with Crippen LogP contribution in [0.5, 0.6) is 0 Å². The number of hydrogen-bond donors (Lipinski definition) is 1. The number of amides is 3. The van der Waals surface area contributed by atoms with Crippen molar-refractivity contribution in [2.75, 3.05) is 51.1 Å². The van der Waals surface area contributed by atoms with E-state index in [1.807, 2.05) is 53.1 Å². The Labute approximate surface area is 212 Å². The van der Waals surface area contributed by atoms with Crippen molar-refractivity contribution in [3.05, 3.63) is 64.7 Å². The number of hydrogen-bond acceptors (Lipinski definition) is 5. The van der Waals surface area contributed by atoms with Crippen LogP contribution >= 0.6 is 0 Å². The van der Waals surface area contributed by atoms with Crippen LogP contribution in [0.25, 0.3) is 0 Å². The minimum atomic E-state index is -0.123. The van der Waals surface area contributed by atoms with Crippen molar-refractivity contribution in [2.24, 2.45) is 0 Å². The molecule has 0 bridgehead atoms. The number of nitriles is 1. The lowest BCUT2D eigenvalue weighted by molar-refractivity contribution is -0.130. The Morgan fingerprint density at radius 1 is 0.944 bits per heavy atom. The molecule has 8 nitrogen and oxygen atoms in total. The van der Waals surface area contributed by atoms with Gasteiger partial charge < -0.3 is 15.1 Å². The Kier molecular flexibility index (Phi) is 8.01. The molecule has 188 valence electrons. The summed E-state index contributed by atoms with van der Waals surface area (Å²) in [5.74, 6) is 0.299. The van der Waals surface area contributed by atoms with Gasteiger partial charge in [0.25, 0.3) is 5.91 Å². The van der Waals surface area contributed by atoms with Gasteiger partial charge in [-0.05, 0) is 61.1 Å². The van der Waals surface area contributed by atoms with Crippen molar-refractivity contribution >= 4 is 23.4 Å². The average Bonchev–Trinajstić information content (AvgIpc) is 2.90. The van der Waals surface area contributed by atoms with E-state index in [0.29, 0.717) is 62.0 Å². The molecule has 0 saturated carbocycles. The number of nitrogens with one attached hydrogen (secondary N) is 1. The van der Waals surface area contributed by atoms with E-state index >= 15 is 0 Å². The van der Waals surface area contributed by atoms with E-state index in [-0.39, 0.29) is 24.3 Å². The molecular formula is C28H33N5O3. The van der Waals surface area contributed by atoms with Gasteiger partial charge in [-0.25, -0.2) is 0 Å². The third-order valence-electron chi connectivity index (χ3n) is 7.24. The topological polar surface area (TPSA) is 96.8 Å². The largest absolute Gasteiger partial charge is 0.340 e. The van der Waals surface area contributed by atoms with Crippen molar-refractivity contribution in [3.63, 3.8) is 0 Å². The Balaban J connectivity index is 1.32. The van der Waals surface area contributed by atoms with Crippen molar-refractivity contribution in [3.8, 4) is 6.07 Å². The number of benzene rings is 2. The molecule has 0 atom stereocenters. The van der Waals surface area contributed by atoms with Gasteiger partial charge in [-0.3, -0.25) is 19.3 Å². The molecule has 0 spiro atoms. The molecule has 1 N–H and O–H groups in total. The second-order valence-corrected chi connectivity index (χ2v) is 9.66. The van der Waals surface area contributed by atoms with Gasteiger partial charge >= 0.3 is 0 Å². The first-order chi connectivity index (χ1) is 17.3. The number of carbonyl (C=O) groups excluding carboxylic acids is 3. The van der Waals surface area contributed by atoms with E-state index in [1.165, 1.54) is 5.56 Å². The lowest BCUT2D eigenvalue weighted by Gasteiger charge is -2.33. The standard InChI is InChI=1S/C28H33N5O3/c1-20-3-6-25(17-26(20)30-27(35)19-31-13-15-32(16-14-31)21(2)34)28(36)33-11-9-24(10-12-33)23-7-4-22(18-29)5-8-23/h3-8,17,24H,9-16,19H2,1-2H3,(H,30,35). The maximum absolute atomic E-state index is 13.2. The van der Waals surface area contributed by atoms with Crippen LogP contribution in [-0.2, 0) is 9.59 Å². The number of piperidine rings is 1. The van der Waals surface area contributed by atoms with Gasteiger partial charge in [0.05, 0.1) is 18.2 Å². The monoisotopic (exact) mass is 487 g/mol. The highest BCUT2D eigenvalue weighted by Gasteiger charge is 2.25.